The van der Waals surface area contributed by atoms with Crippen LogP contribution in [0.3, 0.4) is 0 Å². The van der Waals surface area contributed by atoms with Crippen LogP contribution in [0.25, 0.3) is 0 Å². The second-order valence-electron chi connectivity index (χ2n) is 1.21. The van der Waals surface area contributed by atoms with Crippen molar-refractivity contribution in [2.75, 3.05) is 13.1 Å². The number of nitrogens with one attached hydrogen (secondary N) is 1. The summed E-state index contributed by atoms with van der Waals surface area (Å²) in [7, 11) is 0. The molecular weight excluding hydrogens is 108 g/mol. The number of amides is 1. The lowest BCUT2D eigenvalue weighted by Crippen LogP contribution is -2.29. The maximum atomic E-state index is 9.90. The van der Waals surface area contributed by atoms with E-state index in [0.29, 0.717) is 0 Å². The zero-order valence-corrected chi connectivity index (χ0v) is 4.31. The summed E-state index contributed by atoms with van der Waals surface area (Å²) >= 11 is 0. The number of carbonyl (C=O) groups excluding carboxylic acids is 2. The van der Waals surface area contributed by atoms with Gasteiger partial charge < -0.3 is 11.1 Å². The van der Waals surface area contributed by atoms with Crippen LogP contribution < -0.4 is 11.1 Å². The van der Waals surface area contributed by atoms with E-state index in [2.05, 4.69) is 5.32 Å². The predicted molar refractivity (Wildman–Crippen MR) is 27.8 cm³/mol. The molecule has 0 heterocycles. The number of primary amides is 1. The molecule has 8 heavy (non-hydrogen) atoms. The highest BCUT2D eigenvalue weighted by Crippen LogP contribution is 1.51. The average molecular weight is 115 g/mol. The first-order valence-electron chi connectivity index (χ1n) is 2.11. The molecule has 0 fully saturated rings. The van der Waals surface area contributed by atoms with E-state index in [9.17, 15) is 9.59 Å². The molecule has 0 aliphatic rings. The molecule has 45 valence electrons. The van der Waals surface area contributed by atoms with Crippen molar-refractivity contribution in [3.63, 3.8) is 0 Å². The molecule has 4 nitrogen and oxygen atoms in total. The van der Waals surface area contributed by atoms with Gasteiger partial charge in [0.05, 0.1) is 13.1 Å². The maximum absolute atomic E-state index is 9.90. The third-order valence-corrected chi connectivity index (χ3v) is 0.496. The van der Waals surface area contributed by atoms with Gasteiger partial charge in [-0.05, 0) is 0 Å². The van der Waals surface area contributed by atoms with Crippen molar-refractivity contribution in [3.05, 3.63) is 0 Å². The maximum Gasteiger partial charge on any atom is 0.231 e. The van der Waals surface area contributed by atoms with Gasteiger partial charge in [-0.15, -0.1) is 0 Å². The van der Waals surface area contributed by atoms with Crippen molar-refractivity contribution < 1.29 is 9.59 Å². The van der Waals surface area contributed by atoms with E-state index in [4.69, 9.17) is 5.73 Å². The molecular formula is C4H7N2O2. The molecule has 0 saturated carbocycles. The summed E-state index contributed by atoms with van der Waals surface area (Å²) in [5.41, 5.74) is 4.70. The van der Waals surface area contributed by atoms with Gasteiger partial charge in [-0.2, -0.15) is 0 Å². The van der Waals surface area contributed by atoms with Gasteiger partial charge in [-0.3, -0.25) is 9.59 Å². The van der Waals surface area contributed by atoms with Crippen LogP contribution in [0.4, 0.5) is 0 Å². The Morgan fingerprint density at radius 1 is 1.75 bits per heavy atom. The summed E-state index contributed by atoms with van der Waals surface area (Å²) in [5.74, 6) is -0.472. The lowest BCUT2D eigenvalue weighted by atomic mass is 10.6. The SMILES string of the molecule is NC(=O)CNC[C]=O. The Labute approximate surface area is 47.0 Å². The Balaban J connectivity index is 2.93. The first-order chi connectivity index (χ1) is 3.77. The number of hydrogen-bond acceptors (Lipinski definition) is 3. The van der Waals surface area contributed by atoms with Crippen LogP contribution in [0.5, 0.6) is 0 Å². The number of carbonyl (C=O) groups is 1. The zero-order valence-electron chi connectivity index (χ0n) is 4.31. The highest BCUT2D eigenvalue weighted by molar-refractivity contribution is 5.76. The molecule has 0 spiro atoms. The topological polar surface area (TPSA) is 72.2 Å². The predicted octanol–water partition coefficient (Wildman–Crippen LogP) is -1.83. The minimum absolute atomic E-state index is 0.0369. The molecule has 0 rings (SSSR count). The van der Waals surface area contributed by atoms with Gasteiger partial charge in [-0.1, -0.05) is 0 Å². The first kappa shape index (κ1) is 7.10. The standard InChI is InChI=1S/C4H7N2O2/c5-4(8)3-6-1-2-7/h6H,1,3H2,(H2,5,8). The fraction of sp³-hybridized carbons (Fsp3) is 0.500. The summed E-state index contributed by atoms with van der Waals surface area (Å²) in [6, 6.07) is 0. The smallest absolute Gasteiger partial charge is 0.231 e. The Hall–Kier alpha value is -0.900. The van der Waals surface area contributed by atoms with Gasteiger partial charge in [0.2, 0.25) is 12.2 Å². The van der Waals surface area contributed by atoms with E-state index in [1.165, 1.54) is 0 Å². The van der Waals surface area contributed by atoms with Gasteiger partial charge in [0.15, 0.2) is 0 Å². The van der Waals surface area contributed by atoms with Crippen LogP contribution in [0.2, 0.25) is 0 Å². The summed E-state index contributed by atoms with van der Waals surface area (Å²) in [6.07, 6.45) is 1.55. The lowest BCUT2D eigenvalue weighted by molar-refractivity contribution is -0.117. The normalized spacial score (nSPS) is 8.50. The van der Waals surface area contributed by atoms with E-state index in [1.807, 2.05) is 0 Å². The fourth-order valence-corrected chi connectivity index (χ4v) is 0.237. The Morgan fingerprint density at radius 3 is 2.75 bits per heavy atom. The Kier molecular flexibility index (Phi) is 3.78. The van der Waals surface area contributed by atoms with Crippen molar-refractivity contribution in [2.24, 2.45) is 5.73 Å². The summed E-state index contributed by atoms with van der Waals surface area (Å²) in [6.45, 7) is 0.0954. The van der Waals surface area contributed by atoms with Gasteiger partial charge >= 0.3 is 0 Å². The molecule has 4 heteroatoms. The largest absolute Gasteiger partial charge is 0.369 e. The minimum Gasteiger partial charge on any atom is -0.369 e. The second kappa shape index (κ2) is 4.26. The Bertz CT molecular complexity index is 92.0. The van der Waals surface area contributed by atoms with E-state index in [0.717, 1.165) is 0 Å². The summed E-state index contributed by atoms with van der Waals surface area (Å²) < 4.78 is 0. The van der Waals surface area contributed by atoms with Crippen LogP contribution in [0.15, 0.2) is 0 Å². The average Bonchev–Trinajstić information content (AvgIpc) is 1.66. The van der Waals surface area contributed by atoms with Gasteiger partial charge in [0.25, 0.3) is 0 Å². The van der Waals surface area contributed by atoms with Gasteiger partial charge in [0.1, 0.15) is 0 Å². The summed E-state index contributed by atoms with van der Waals surface area (Å²) in [5, 5.41) is 2.44. The van der Waals surface area contributed by atoms with Gasteiger partial charge in [-0.25, -0.2) is 0 Å². The van der Waals surface area contributed by atoms with Crippen molar-refractivity contribution in [1.29, 1.82) is 0 Å². The zero-order chi connectivity index (χ0) is 6.41. The van der Waals surface area contributed by atoms with Crippen molar-refractivity contribution in [1.82, 2.24) is 5.32 Å². The third kappa shape index (κ3) is 5.10. The molecule has 0 aliphatic carbocycles. The molecule has 0 atom stereocenters. The van der Waals surface area contributed by atoms with Gasteiger partial charge in [0, 0.05) is 0 Å². The van der Waals surface area contributed by atoms with Crippen molar-refractivity contribution in [3.8, 4) is 0 Å². The molecule has 1 radical (unpaired) electrons. The Morgan fingerprint density at radius 2 is 2.38 bits per heavy atom. The first-order valence-corrected chi connectivity index (χ1v) is 2.11. The highest BCUT2D eigenvalue weighted by Gasteiger charge is 1.88. The van der Waals surface area contributed by atoms with Crippen LogP contribution in [-0.4, -0.2) is 25.3 Å². The molecule has 0 bridgehead atoms. The van der Waals surface area contributed by atoms with Crippen LogP contribution in [0, 0.1) is 0 Å². The molecule has 0 aliphatic heterocycles. The lowest BCUT2D eigenvalue weighted by Gasteiger charge is -1.90. The second-order valence-corrected chi connectivity index (χ2v) is 1.21. The van der Waals surface area contributed by atoms with Crippen molar-refractivity contribution >= 4 is 12.2 Å². The molecule has 0 aromatic heterocycles. The summed E-state index contributed by atoms with van der Waals surface area (Å²) in [4.78, 5) is 19.4. The van der Waals surface area contributed by atoms with Crippen LogP contribution in [-0.2, 0) is 9.59 Å². The number of rotatable bonds is 4. The van der Waals surface area contributed by atoms with Crippen LogP contribution in [0.1, 0.15) is 0 Å². The monoisotopic (exact) mass is 115 g/mol. The quantitative estimate of drug-likeness (QED) is 0.423. The van der Waals surface area contributed by atoms with Crippen LogP contribution >= 0.6 is 0 Å². The third-order valence-electron chi connectivity index (χ3n) is 0.496. The molecule has 0 aromatic rings. The molecule has 0 unspecified atom stereocenters. The highest BCUT2D eigenvalue weighted by atomic mass is 16.1. The fourth-order valence-electron chi connectivity index (χ4n) is 0.237. The molecule has 1 amide bonds. The van der Waals surface area contributed by atoms with Crippen molar-refractivity contribution in [2.45, 2.75) is 0 Å². The minimum atomic E-state index is -0.472. The molecule has 0 saturated heterocycles. The van der Waals surface area contributed by atoms with E-state index >= 15 is 0 Å². The van der Waals surface area contributed by atoms with E-state index in [1.54, 1.807) is 6.29 Å². The number of hydrogen-bond donors (Lipinski definition) is 2. The molecule has 3 N–H and O–H groups in total. The number of nitrogens with two attached hydrogens (primary N) is 1. The van der Waals surface area contributed by atoms with E-state index < -0.39 is 5.91 Å². The molecule has 0 aromatic carbocycles. The van der Waals surface area contributed by atoms with E-state index in [-0.39, 0.29) is 13.1 Å².